The molecule has 2 fully saturated rings. The van der Waals surface area contributed by atoms with Crippen LogP contribution in [0.1, 0.15) is 54.8 Å². The van der Waals surface area contributed by atoms with Crippen molar-refractivity contribution in [1.29, 1.82) is 5.26 Å². The van der Waals surface area contributed by atoms with Crippen molar-refractivity contribution < 1.29 is 14.3 Å². The second-order valence-corrected chi connectivity index (χ2v) is 10.2. The van der Waals surface area contributed by atoms with Crippen LogP contribution < -0.4 is 4.90 Å². The second-order valence-electron chi connectivity index (χ2n) is 9.86. The predicted octanol–water partition coefficient (Wildman–Crippen LogP) is 5.40. The van der Waals surface area contributed by atoms with Gasteiger partial charge in [-0.25, -0.2) is 4.98 Å². The maximum atomic E-state index is 11.5. The summed E-state index contributed by atoms with van der Waals surface area (Å²) in [5.41, 5.74) is 5.50. The molecule has 35 heavy (non-hydrogen) atoms. The van der Waals surface area contributed by atoms with Crippen molar-refractivity contribution >= 4 is 34.4 Å². The minimum absolute atomic E-state index is 0.108. The molecule has 1 aliphatic carbocycles. The minimum Gasteiger partial charge on any atom is -0.481 e. The van der Waals surface area contributed by atoms with Crippen LogP contribution in [0.15, 0.2) is 28.7 Å². The zero-order valence-electron chi connectivity index (χ0n) is 19.5. The molecule has 1 N–H and O–H groups in total. The summed E-state index contributed by atoms with van der Waals surface area (Å²) in [6.07, 6.45) is 5.87. The van der Waals surface area contributed by atoms with Crippen LogP contribution in [-0.4, -0.2) is 47.1 Å². The molecule has 0 saturated carbocycles. The Hall–Kier alpha value is -3.08. The molecular formula is C27H27ClN4O3. The van der Waals surface area contributed by atoms with E-state index in [9.17, 15) is 15.2 Å². The molecular weight excluding hydrogens is 464 g/mol. The first-order valence-corrected chi connectivity index (χ1v) is 12.8. The van der Waals surface area contributed by atoms with Crippen LogP contribution in [0.4, 0.5) is 5.69 Å². The van der Waals surface area contributed by atoms with E-state index in [0.717, 1.165) is 67.7 Å². The predicted molar refractivity (Wildman–Crippen MR) is 134 cm³/mol. The first-order chi connectivity index (χ1) is 17.0. The van der Waals surface area contributed by atoms with Crippen molar-refractivity contribution in [3.8, 4) is 17.5 Å². The van der Waals surface area contributed by atoms with E-state index < -0.39 is 5.97 Å². The van der Waals surface area contributed by atoms with E-state index in [-0.39, 0.29) is 12.0 Å². The number of aliphatic carboxylic acids is 1. The molecule has 7 nitrogen and oxygen atoms in total. The van der Waals surface area contributed by atoms with Gasteiger partial charge < -0.3 is 14.4 Å². The number of piperidine rings is 1. The molecule has 3 heterocycles. The fourth-order valence-electron chi connectivity index (χ4n) is 6.08. The Morgan fingerprint density at radius 1 is 1.20 bits per heavy atom. The number of carboxylic acid groups (broad SMARTS) is 1. The smallest absolute Gasteiger partial charge is 0.307 e. The molecule has 1 aromatic heterocycles. The lowest BCUT2D eigenvalue weighted by molar-refractivity contribution is -0.141. The highest BCUT2D eigenvalue weighted by Crippen LogP contribution is 2.44. The number of fused-ring (bicyclic) bond motifs is 2. The molecule has 0 bridgehead atoms. The van der Waals surface area contributed by atoms with Gasteiger partial charge >= 0.3 is 5.97 Å². The lowest BCUT2D eigenvalue weighted by Crippen LogP contribution is -2.29. The summed E-state index contributed by atoms with van der Waals surface area (Å²) in [5, 5.41) is 20.1. The highest BCUT2D eigenvalue weighted by atomic mass is 35.5. The van der Waals surface area contributed by atoms with Gasteiger partial charge in [0.25, 0.3) is 0 Å². The summed E-state index contributed by atoms with van der Waals surface area (Å²) in [6.45, 7) is 3.28. The Kier molecular flexibility index (Phi) is 5.66. The largest absolute Gasteiger partial charge is 0.481 e. The van der Waals surface area contributed by atoms with E-state index in [4.69, 9.17) is 21.0 Å². The molecule has 2 aliphatic heterocycles. The van der Waals surface area contributed by atoms with Gasteiger partial charge in [0, 0.05) is 25.7 Å². The standard InChI is InChI=1S/C27H27ClN4O3/c28-24-18(5-4-6-23(24)31-10-2-1-3-11-31)26-30-21-13-19-17(20(14-29)25(21)35-26)7-8-22(19)32-12-9-16(15-32)27(33)34/h4-6,13,16,22H,1-3,7-12,15H2,(H,33,34). The Labute approximate surface area is 208 Å². The van der Waals surface area contributed by atoms with Gasteiger partial charge in [-0.15, -0.1) is 0 Å². The molecule has 180 valence electrons. The first kappa shape index (κ1) is 22.4. The highest BCUT2D eigenvalue weighted by Gasteiger charge is 2.37. The van der Waals surface area contributed by atoms with Gasteiger partial charge in [0.2, 0.25) is 5.89 Å². The number of aromatic nitrogens is 1. The minimum atomic E-state index is -0.733. The SMILES string of the molecule is N#Cc1c2c(cc3nc(-c4cccc(N5CCCCC5)c4Cl)oc13)C(N1CCC(C(=O)O)C1)CC2. The quantitative estimate of drug-likeness (QED) is 0.523. The Morgan fingerprint density at radius 3 is 2.77 bits per heavy atom. The van der Waals surface area contributed by atoms with Crippen LogP contribution in [-0.2, 0) is 11.2 Å². The number of anilines is 1. The second kappa shape index (κ2) is 8.85. The number of halogens is 1. The van der Waals surface area contributed by atoms with Crippen molar-refractivity contribution in [2.75, 3.05) is 31.1 Å². The Morgan fingerprint density at radius 2 is 2.03 bits per heavy atom. The van der Waals surface area contributed by atoms with E-state index in [0.29, 0.717) is 40.5 Å². The number of carbonyl (C=O) groups is 1. The third-order valence-corrected chi connectivity index (χ3v) is 8.27. The van der Waals surface area contributed by atoms with Crippen molar-refractivity contribution in [2.24, 2.45) is 5.92 Å². The number of hydrogen-bond donors (Lipinski definition) is 1. The molecule has 0 radical (unpaired) electrons. The van der Waals surface area contributed by atoms with Gasteiger partial charge in [-0.3, -0.25) is 9.69 Å². The van der Waals surface area contributed by atoms with Gasteiger partial charge in [-0.05, 0) is 74.4 Å². The average molecular weight is 491 g/mol. The van der Waals surface area contributed by atoms with Crippen LogP contribution in [0.2, 0.25) is 5.02 Å². The average Bonchev–Trinajstić information content (AvgIpc) is 3.61. The van der Waals surface area contributed by atoms with Gasteiger partial charge in [-0.2, -0.15) is 5.26 Å². The Bertz CT molecular complexity index is 1350. The molecule has 2 unspecified atom stereocenters. The third kappa shape index (κ3) is 3.76. The molecule has 2 atom stereocenters. The van der Waals surface area contributed by atoms with E-state index in [2.05, 4.69) is 15.9 Å². The maximum Gasteiger partial charge on any atom is 0.307 e. The number of oxazole rings is 1. The van der Waals surface area contributed by atoms with Gasteiger partial charge in [0.1, 0.15) is 17.1 Å². The number of carboxylic acids is 1. The monoisotopic (exact) mass is 490 g/mol. The number of likely N-dealkylation sites (tertiary alicyclic amines) is 1. The Balaban J connectivity index is 1.39. The van der Waals surface area contributed by atoms with Gasteiger partial charge in [0.05, 0.1) is 22.2 Å². The lowest BCUT2D eigenvalue weighted by atomic mass is 10.0. The van der Waals surface area contributed by atoms with Crippen molar-refractivity contribution in [2.45, 2.75) is 44.6 Å². The number of nitriles is 1. The maximum absolute atomic E-state index is 11.5. The van der Waals surface area contributed by atoms with E-state index in [1.165, 1.54) is 6.42 Å². The van der Waals surface area contributed by atoms with Crippen LogP contribution in [0.5, 0.6) is 0 Å². The van der Waals surface area contributed by atoms with Crippen LogP contribution in [0.3, 0.4) is 0 Å². The summed E-state index contributed by atoms with van der Waals surface area (Å²) < 4.78 is 6.21. The number of nitrogens with zero attached hydrogens (tertiary/aromatic N) is 4. The van der Waals surface area contributed by atoms with Crippen LogP contribution in [0.25, 0.3) is 22.6 Å². The number of benzene rings is 2. The van der Waals surface area contributed by atoms with Crippen molar-refractivity contribution in [3.05, 3.63) is 46.0 Å². The van der Waals surface area contributed by atoms with Crippen LogP contribution >= 0.6 is 11.6 Å². The normalized spacial score (nSPS) is 22.5. The fourth-order valence-corrected chi connectivity index (χ4v) is 6.40. The van der Waals surface area contributed by atoms with Crippen molar-refractivity contribution in [3.63, 3.8) is 0 Å². The van der Waals surface area contributed by atoms with E-state index >= 15 is 0 Å². The van der Waals surface area contributed by atoms with E-state index in [1.807, 2.05) is 24.3 Å². The molecule has 3 aliphatic rings. The topological polar surface area (TPSA) is 93.6 Å². The molecule has 8 heteroatoms. The lowest BCUT2D eigenvalue weighted by Gasteiger charge is -2.29. The fraction of sp³-hybridized carbons (Fsp3) is 0.444. The summed E-state index contributed by atoms with van der Waals surface area (Å²) in [4.78, 5) is 20.8. The molecule has 6 rings (SSSR count). The third-order valence-electron chi connectivity index (χ3n) is 7.88. The highest BCUT2D eigenvalue weighted by molar-refractivity contribution is 6.35. The number of hydrogen-bond acceptors (Lipinski definition) is 6. The zero-order valence-corrected chi connectivity index (χ0v) is 20.2. The molecule has 3 aromatic rings. The van der Waals surface area contributed by atoms with E-state index in [1.54, 1.807) is 0 Å². The molecule has 2 saturated heterocycles. The number of rotatable bonds is 4. The first-order valence-electron chi connectivity index (χ1n) is 12.4. The summed E-state index contributed by atoms with van der Waals surface area (Å²) in [5.74, 6) is -0.636. The van der Waals surface area contributed by atoms with Crippen molar-refractivity contribution in [1.82, 2.24) is 9.88 Å². The van der Waals surface area contributed by atoms with Crippen LogP contribution in [0, 0.1) is 17.2 Å². The molecule has 2 aromatic carbocycles. The summed E-state index contributed by atoms with van der Waals surface area (Å²) in [7, 11) is 0. The molecule has 0 amide bonds. The summed E-state index contributed by atoms with van der Waals surface area (Å²) in [6, 6.07) is 10.4. The van der Waals surface area contributed by atoms with Gasteiger partial charge in [0.15, 0.2) is 5.58 Å². The molecule has 0 spiro atoms. The van der Waals surface area contributed by atoms with Gasteiger partial charge in [-0.1, -0.05) is 17.7 Å². The summed E-state index contributed by atoms with van der Waals surface area (Å²) >= 11 is 6.87. The zero-order chi connectivity index (χ0) is 24.1.